The number of oxazole rings is 1. The number of hydrogen-bond donors (Lipinski definition) is 2. The Labute approximate surface area is 235 Å². The van der Waals surface area contributed by atoms with Gasteiger partial charge in [0, 0.05) is 25.7 Å². The number of rotatable bonds is 7. The second kappa shape index (κ2) is 10.8. The van der Waals surface area contributed by atoms with Crippen molar-refractivity contribution in [2.45, 2.75) is 12.5 Å². The fourth-order valence-corrected chi connectivity index (χ4v) is 4.97. The molecule has 12 heteroatoms. The van der Waals surface area contributed by atoms with Gasteiger partial charge in [-0.3, -0.25) is 14.9 Å². The topological polar surface area (TPSA) is 148 Å². The van der Waals surface area contributed by atoms with E-state index >= 15 is 0 Å². The molecule has 0 radical (unpaired) electrons. The van der Waals surface area contributed by atoms with Crippen LogP contribution in [0.1, 0.15) is 23.0 Å². The number of carbonyl (C=O) groups excluding carboxylic acids is 2. The van der Waals surface area contributed by atoms with Gasteiger partial charge in [0.05, 0.1) is 11.4 Å². The lowest BCUT2D eigenvalue weighted by Crippen LogP contribution is -2.28. The monoisotopic (exact) mass is 551 g/mol. The highest BCUT2D eigenvalue weighted by molar-refractivity contribution is 6.12. The molecular weight excluding hydrogens is 522 g/mol. The van der Waals surface area contributed by atoms with Crippen molar-refractivity contribution < 1.29 is 14.0 Å². The van der Waals surface area contributed by atoms with Crippen molar-refractivity contribution in [1.82, 2.24) is 34.5 Å². The summed E-state index contributed by atoms with van der Waals surface area (Å²) in [5.74, 6) is -0.485. The number of aromatic nitrogens is 5. The molecule has 12 nitrogen and oxygen atoms in total. The highest BCUT2D eigenvalue weighted by Gasteiger charge is 2.31. The van der Waals surface area contributed by atoms with E-state index < -0.39 is 5.91 Å². The summed E-state index contributed by atoms with van der Waals surface area (Å²) in [5.41, 5.74) is 9.84. The summed E-state index contributed by atoms with van der Waals surface area (Å²) in [4.78, 5) is 42.8. The van der Waals surface area contributed by atoms with Gasteiger partial charge in [0.15, 0.2) is 16.9 Å². The summed E-state index contributed by atoms with van der Waals surface area (Å²) in [6.45, 7) is 1.67. The third kappa shape index (κ3) is 5.24. The van der Waals surface area contributed by atoms with E-state index in [0.717, 1.165) is 11.1 Å². The molecule has 5 aromatic rings. The molecule has 41 heavy (non-hydrogen) atoms. The van der Waals surface area contributed by atoms with Crippen LogP contribution >= 0.6 is 0 Å². The van der Waals surface area contributed by atoms with Crippen LogP contribution < -0.4 is 11.1 Å². The molecule has 1 fully saturated rings. The average Bonchev–Trinajstić information content (AvgIpc) is 3.70. The van der Waals surface area contributed by atoms with Gasteiger partial charge in [-0.2, -0.15) is 10.1 Å². The van der Waals surface area contributed by atoms with Crippen LogP contribution in [-0.4, -0.2) is 80.1 Å². The van der Waals surface area contributed by atoms with Gasteiger partial charge in [0.2, 0.25) is 5.91 Å². The molecule has 0 saturated carbocycles. The highest BCUT2D eigenvalue weighted by Crippen LogP contribution is 2.30. The van der Waals surface area contributed by atoms with E-state index in [2.05, 4.69) is 25.4 Å². The predicted molar refractivity (Wildman–Crippen MR) is 155 cm³/mol. The van der Waals surface area contributed by atoms with Gasteiger partial charge in [-0.15, -0.1) is 0 Å². The Hall–Kier alpha value is -5.10. The fourth-order valence-electron chi connectivity index (χ4n) is 4.97. The summed E-state index contributed by atoms with van der Waals surface area (Å²) < 4.78 is 7.46. The van der Waals surface area contributed by atoms with Crippen molar-refractivity contribution in [2.24, 2.45) is 0 Å². The third-order valence-corrected chi connectivity index (χ3v) is 7.00. The highest BCUT2D eigenvalue weighted by atomic mass is 16.4. The largest absolute Gasteiger partial charge is 0.423 e. The number of nitrogens with zero attached hydrogens (tertiary/aromatic N) is 7. The van der Waals surface area contributed by atoms with Crippen LogP contribution in [0.5, 0.6) is 0 Å². The molecule has 2 aromatic carbocycles. The maximum Gasteiger partial charge on any atom is 0.302 e. The Bertz CT molecular complexity index is 1770. The maximum absolute atomic E-state index is 13.4. The lowest BCUT2D eigenvalue weighted by Gasteiger charge is -2.15. The van der Waals surface area contributed by atoms with Gasteiger partial charge in [-0.05, 0) is 43.8 Å². The van der Waals surface area contributed by atoms with Gasteiger partial charge in [-0.1, -0.05) is 42.5 Å². The maximum atomic E-state index is 13.4. The van der Waals surface area contributed by atoms with Crippen molar-refractivity contribution in [3.63, 3.8) is 0 Å². The van der Waals surface area contributed by atoms with Gasteiger partial charge in [0.1, 0.15) is 17.7 Å². The first-order valence-corrected chi connectivity index (χ1v) is 13.2. The van der Waals surface area contributed by atoms with Crippen LogP contribution in [0.2, 0.25) is 0 Å². The van der Waals surface area contributed by atoms with Gasteiger partial charge in [-0.25, -0.2) is 14.6 Å². The normalized spacial score (nSPS) is 15.5. The zero-order valence-electron chi connectivity index (χ0n) is 22.7. The molecule has 1 unspecified atom stereocenters. The molecule has 1 aliphatic rings. The van der Waals surface area contributed by atoms with Crippen LogP contribution in [0.25, 0.3) is 33.3 Å². The Kier molecular flexibility index (Phi) is 6.89. The van der Waals surface area contributed by atoms with Crippen molar-refractivity contribution >= 4 is 45.8 Å². The molecule has 0 bridgehead atoms. The minimum absolute atomic E-state index is 0.0375. The molecule has 208 valence electrons. The van der Waals surface area contributed by atoms with Crippen LogP contribution in [0.15, 0.2) is 71.4 Å². The van der Waals surface area contributed by atoms with Gasteiger partial charge < -0.3 is 20.0 Å². The SMILES string of the molecule is CN(C)CC=CC(=O)N1CCC(n2nc(C(=O)Nc3nc4cc(-c5ccccc5)ccc4o3)c3c(N)ncnc32)C1. The minimum atomic E-state index is -0.553. The van der Waals surface area contributed by atoms with Crippen molar-refractivity contribution in [1.29, 1.82) is 0 Å². The number of carbonyl (C=O) groups is 2. The molecule has 2 amide bonds. The van der Waals surface area contributed by atoms with E-state index in [1.54, 1.807) is 15.7 Å². The summed E-state index contributed by atoms with van der Waals surface area (Å²) >= 11 is 0. The number of amides is 2. The summed E-state index contributed by atoms with van der Waals surface area (Å²) in [7, 11) is 3.88. The van der Waals surface area contributed by atoms with Crippen LogP contribution in [0.3, 0.4) is 0 Å². The quantitative estimate of drug-likeness (QED) is 0.290. The van der Waals surface area contributed by atoms with Crippen molar-refractivity contribution in [3.8, 4) is 11.1 Å². The molecule has 1 aliphatic heterocycles. The number of hydrogen-bond acceptors (Lipinski definition) is 9. The standard InChI is InChI=1S/C29H29N9O3/c1-36(2)13-6-9-23(39)37-14-12-20(16-37)38-27-24(26(30)31-17-32-27)25(35-38)28(40)34-29-33-21-15-19(10-11-22(21)41-29)18-7-4-3-5-8-18/h3-11,15,17,20H,12-14,16H2,1-2H3,(H2,30,31,32)(H,33,34,40). The first-order chi connectivity index (χ1) is 19.9. The molecular formula is C29H29N9O3. The van der Waals surface area contributed by atoms with E-state index in [4.69, 9.17) is 10.2 Å². The van der Waals surface area contributed by atoms with E-state index in [1.165, 1.54) is 6.33 Å². The number of likely N-dealkylation sites (tertiary alicyclic amines) is 1. The molecule has 0 spiro atoms. The Balaban J connectivity index is 1.25. The molecule has 3 N–H and O–H groups in total. The molecule has 3 aromatic heterocycles. The molecule has 0 aliphatic carbocycles. The molecule has 1 atom stereocenters. The number of nitrogen functional groups attached to an aromatic ring is 1. The van der Waals surface area contributed by atoms with E-state index in [1.807, 2.05) is 73.6 Å². The summed E-state index contributed by atoms with van der Waals surface area (Å²) in [6, 6.07) is 15.4. The number of anilines is 2. The molecule has 1 saturated heterocycles. The van der Waals surface area contributed by atoms with Crippen LogP contribution in [0.4, 0.5) is 11.8 Å². The van der Waals surface area contributed by atoms with E-state index in [-0.39, 0.29) is 29.5 Å². The third-order valence-electron chi connectivity index (χ3n) is 7.00. The molecule has 6 rings (SSSR count). The first-order valence-electron chi connectivity index (χ1n) is 13.2. The number of nitrogens with one attached hydrogen (secondary N) is 1. The van der Waals surface area contributed by atoms with Gasteiger partial charge in [0.25, 0.3) is 5.91 Å². The predicted octanol–water partition coefficient (Wildman–Crippen LogP) is 3.36. The number of likely N-dealkylation sites (N-methyl/N-ethyl adjacent to an activating group) is 1. The van der Waals surface area contributed by atoms with E-state index in [0.29, 0.717) is 48.2 Å². The Morgan fingerprint density at radius 1 is 1.15 bits per heavy atom. The molecule has 4 heterocycles. The van der Waals surface area contributed by atoms with Crippen LogP contribution in [-0.2, 0) is 4.79 Å². The smallest absolute Gasteiger partial charge is 0.302 e. The lowest BCUT2D eigenvalue weighted by molar-refractivity contribution is -0.125. The number of nitrogens with two attached hydrogens (primary N) is 1. The number of fused-ring (bicyclic) bond motifs is 2. The average molecular weight is 552 g/mol. The second-order valence-corrected chi connectivity index (χ2v) is 10.2. The zero-order valence-corrected chi connectivity index (χ0v) is 22.7. The van der Waals surface area contributed by atoms with Crippen molar-refractivity contribution in [2.75, 3.05) is 44.8 Å². The minimum Gasteiger partial charge on any atom is -0.423 e. The Morgan fingerprint density at radius 3 is 2.78 bits per heavy atom. The second-order valence-electron chi connectivity index (χ2n) is 10.2. The zero-order chi connectivity index (χ0) is 28.5. The fraction of sp³-hybridized carbons (Fsp3) is 0.241. The summed E-state index contributed by atoms with van der Waals surface area (Å²) in [6.07, 6.45) is 5.42. The first kappa shape index (κ1) is 26.1. The Morgan fingerprint density at radius 2 is 1.98 bits per heavy atom. The summed E-state index contributed by atoms with van der Waals surface area (Å²) in [5, 5.41) is 7.65. The lowest BCUT2D eigenvalue weighted by atomic mass is 10.1. The van der Waals surface area contributed by atoms with Crippen LogP contribution in [0, 0.1) is 0 Å². The van der Waals surface area contributed by atoms with Gasteiger partial charge >= 0.3 is 6.01 Å². The number of benzene rings is 2. The van der Waals surface area contributed by atoms with Crippen molar-refractivity contribution in [3.05, 3.63) is 72.7 Å². The van der Waals surface area contributed by atoms with E-state index in [9.17, 15) is 9.59 Å².